The minimum Gasteiger partial charge on any atom is -0.449 e. The normalized spacial score (nSPS) is 31.8. The Kier molecular flexibility index (Phi) is 18.2. The summed E-state index contributed by atoms with van der Waals surface area (Å²) in [5, 5.41) is 37.0. The van der Waals surface area contributed by atoms with Gasteiger partial charge in [0.15, 0.2) is 0 Å². The summed E-state index contributed by atoms with van der Waals surface area (Å²) in [5.41, 5.74) is 4.45. The zero-order valence-corrected chi connectivity index (χ0v) is 43.8. The second-order valence-corrected chi connectivity index (χ2v) is 21.9. The average molecular weight is 1050 g/mol. The molecule has 4 aliphatic heterocycles. The van der Waals surface area contributed by atoms with Crippen molar-refractivity contribution < 1.29 is 43.1 Å². The number of rotatable bonds is 18. The molecule has 7 aliphatic rings. The summed E-state index contributed by atoms with van der Waals surface area (Å²) in [6.07, 6.45) is 8.03. The van der Waals surface area contributed by atoms with E-state index in [0.717, 1.165) is 41.5 Å². The number of carbonyl (C=O) groups excluding carboxylic acids is 8. The molecule has 8 amide bonds. The summed E-state index contributed by atoms with van der Waals surface area (Å²) in [6, 6.07) is 10.6. The van der Waals surface area contributed by atoms with Crippen molar-refractivity contribution in [1.82, 2.24) is 63.8 Å². The molecule has 10 unspecified atom stereocenters. The molecular formula is C55H78N12O9. The molecule has 21 nitrogen and oxygen atoms in total. The number of hydrogen-bond acceptors (Lipinski definition) is 13. The number of amides is 8. The van der Waals surface area contributed by atoms with Crippen molar-refractivity contribution in [3.63, 3.8) is 0 Å². The van der Waals surface area contributed by atoms with Crippen molar-refractivity contribution in [3.05, 3.63) is 59.7 Å². The molecular weight excluding hydrogens is 973 g/mol. The van der Waals surface area contributed by atoms with E-state index in [4.69, 9.17) is 4.74 Å². The highest BCUT2D eigenvalue weighted by Gasteiger charge is 2.45. The lowest BCUT2D eigenvalue weighted by molar-refractivity contribution is -0.130. The van der Waals surface area contributed by atoms with E-state index in [1.54, 1.807) is 7.05 Å². The van der Waals surface area contributed by atoms with Crippen molar-refractivity contribution in [1.29, 1.82) is 0 Å². The van der Waals surface area contributed by atoms with Gasteiger partial charge in [0.2, 0.25) is 41.4 Å². The van der Waals surface area contributed by atoms with Crippen LogP contribution in [0.4, 0.5) is 4.79 Å². The van der Waals surface area contributed by atoms with Gasteiger partial charge < -0.3 is 68.5 Å². The highest BCUT2D eigenvalue weighted by atomic mass is 16.5. The molecule has 21 heteroatoms. The minimum atomic E-state index is -0.722. The van der Waals surface area contributed by atoms with Crippen molar-refractivity contribution >= 4 is 47.4 Å². The Morgan fingerprint density at radius 3 is 1.22 bits per heavy atom. The zero-order valence-electron chi connectivity index (χ0n) is 43.8. The third-order valence-corrected chi connectivity index (χ3v) is 17.1. The fraction of sp³-hybridized carbons (Fsp3) is 0.636. The Hall–Kier alpha value is -6.16. The molecule has 2 aromatic carbocycles. The lowest BCUT2D eigenvalue weighted by Gasteiger charge is -2.29. The van der Waals surface area contributed by atoms with Gasteiger partial charge in [0.1, 0.15) is 24.2 Å². The molecule has 0 radical (unpaired) electrons. The lowest BCUT2D eigenvalue weighted by atomic mass is 9.95. The maximum atomic E-state index is 14.0. The van der Waals surface area contributed by atoms with Crippen LogP contribution in [-0.4, -0.2) is 154 Å². The van der Waals surface area contributed by atoms with Gasteiger partial charge in [-0.3, -0.25) is 33.6 Å². The molecule has 3 saturated carbocycles. The summed E-state index contributed by atoms with van der Waals surface area (Å²) in [6.45, 7) is 4.41. The number of ether oxygens (including phenoxy) is 1. The molecule has 3 aliphatic carbocycles. The Morgan fingerprint density at radius 1 is 0.434 bits per heavy atom. The monoisotopic (exact) mass is 1050 g/mol. The molecule has 4 heterocycles. The Bertz CT molecular complexity index is 2460. The Morgan fingerprint density at radius 2 is 0.803 bits per heavy atom. The van der Waals surface area contributed by atoms with E-state index < -0.39 is 78.2 Å². The molecule has 12 N–H and O–H groups in total. The van der Waals surface area contributed by atoms with Gasteiger partial charge >= 0.3 is 6.09 Å². The van der Waals surface area contributed by atoms with Gasteiger partial charge in [0.05, 0.1) is 48.5 Å². The van der Waals surface area contributed by atoms with Crippen LogP contribution in [0.2, 0.25) is 0 Å². The Balaban J connectivity index is 0.713. The lowest BCUT2D eigenvalue weighted by Crippen LogP contribution is -2.58. The van der Waals surface area contributed by atoms with Gasteiger partial charge in [-0.15, -0.1) is 0 Å². The third-order valence-electron chi connectivity index (χ3n) is 17.1. The van der Waals surface area contributed by atoms with Crippen LogP contribution < -0.4 is 63.8 Å². The van der Waals surface area contributed by atoms with Gasteiger partial charge in [-0.2, -0.15) is 0 Å². The van der Waals surface area contributed by atoms with E-state index in [0.29, 0.717) is 96.8 Å². The third kappa shape index (κ3) is 12.8. The van der Waals surface area contributed by atoms with Crippen molar-refractivity contribution in [2.75, 3.05) is 39.8 Å². The van der Waals surface area contributed by atoms with E-state index in [1.807, 2.05) is 30.3 Å². The second kappa shape index (κ2) is 25.3. The number of nitrogens with one attached hydrogen (secondary N) is 12. The SMILES string of the molecule is CNC(=O)C1NCCC1NC(=O)[C@H]1CCC[C@H]1NC(=O)C1NCCC1NC(=O)[C@H]1CCC[C@H]1NC(=O)C1NCCC1NC(=O)C1CCCC1NC(=O)C1NCCC1NC(=O)OCCc1ccccc1-c1ccccc1C. The van der Waals surface area contributed by atoms with Crippen molar-refractivity contribution in [3.8, 4) is 11.1 Å². The van der Waals surface area contributed by atoms with Gasteiger partial charge in [-0.1, -0.05) is 67.8 Å². The van der Waals surface area contributed by atoms with Crippen LogP contribution in [-0.2, 0) is 44.7 Å². The van der Waals surface area contributed by atoms with Crippen molar-refractivity contribution in [2.24, 2.45) is 17.8 Å². The number of benzene rings is 2. The first-order valence-corrected chi connectivity index (χ1v) is 27.9. The van der Waals surface area contributed by atoms with Crippen LogP contribution >= 0.6 is 0 Å². The van der Waals surface area contributed by atoms with E-state index >= 15 is 0 Å². The summed E-state index contributed by atoms with van der Waals surface area (Å²) in [7, 11) is 1.57. The number of carbonyl (C=O) groups is 8. The van der Waals surface area contributed by atoms with Gasteiger partial charge in [-0.05, 0) is 120 Å². The first-order chi connectivity index (χ1) is 36.9. The highest BCUT2D eigenvalue weighted by Crippen LogP contribution is 2.31. The summed E-state index contributed by atoms with van der Waals surface area (Å²) >= 11 is 0. The molecule has 2 aromatic rings. The average Bonchev–Trinajstić information content (AvgIpc) is 4.27. The highest BCUT2D eigenvalue weighted by molar-refractivity contribution is 5.90. The summed E-state index contributed by atoms with van der Waals surface area (Å²) in [5.74, 6) is -3.16. The van der Waals surface area contributed by atoms with E-state index in [9.17, 15) is 38.4 Å². The maximum absolute atomic E-state index is 14.0. The van der Waals surface area contributed by atoms with Crippen LogP contribution in [0.5, 0.6) is 0 Å². The van der Waals surface area contributed by atoms with Crippen LogP contribution in [0.25, 0.3) is 11.1 Å². The number of hydrogen-bond donors (Lipinski definition) is 12. The van der Waals surface area contributed by atoms with Gasteiger partial charge in [0.25, 0.3) is 0 Å². The summed E-state index contributed by atoms with van der Waals surface area (Å²) < 4.78 is 5.62. The molecule has 412 valence electrons. The molecule has 0 bridgehead atoms. The van der Waals surface area contributed by atoms with Gasteiger partial charge in [-0.25, -0.2) is 4.79 Å². The molecule has 4 saturated heterocycles. The molecule has 76 heavy (non-hydrogen) atoms. The maximum Gasteiger partial charge on any atom is 0.407 e. The largest absolute Gasteiger partial charge is 0.449 e. The molecule has 0 aromatic heterocycles. The summed E-state index contributed by atoms with van der Waals surface area (Å²) in [4.78, 5) is 108. The molecule has 7 fully saturated rings. The molecule has 14 atom stereocenters. The van der Waals surface area contributed by atoms with E-state index in [1.165, 1.54) is 0 Å². The second-order valence-electron chi connectivity index (χ2n) is 21.9. The van der Waals surface area contributed by atoms with Crippen molar-refractivity contribution in [2.45, 2.75) is 163 Å². The van der Waals surface area contributed by atoms with Crippen LogP contribution in [0.3, 0.4) is 0 Å². The van der Waals surface area contributed by atoms with E-state index in [2.05, 4.69) is 88.9 Å². The number of aryl methyl sites for hydroxylation is 1. The van der Waals surface area contributed by atoms with Crippen LogP contribution in [0, 0.1) is 24.7 Å². The first kappa shape index (κ1) is 54.6. The van der Waals surface area contributed by atoms with Crippen LogP contribution in [0.15, 0.2) is 48.5 Å². The molecule has 0 spiro atoms. The molecule has 9 rings (SSSR count). The minimum absolute atomic E-state index is 0.168. The van der Waals surface area contributed by atoms with Gasteiger partial charge in [0, 0.05) is 31.6 Å². The topological polar surface area (TPSA) is 290 Å². The fourth-order valence-corrected chi connectivity index (χ4v) is 13.0. The first-order valence-electron chi connectivity index (χ1n) is 27.9. The predicted molar refractivity (Wildman–Crippen MR) is 282 cm³/mol. The predicted octanol–water partition coefficient (Wildman–Crippen LogP) is -0.198. The van der Waals surface area contributed by atoms with Crippen LogP contribution in [0.1, 0.15) is 94.6 Å². The zero-order chi connectivity index (χ0) is 53.3. The van der Waals surface area contributed by atoms with E-state index in [-0.39, 0.29) is 60.0 Å². The smallest absolute Gasteiger partial charge is 0.407 e. The standard InChI is InChI=1S/C55H78N12O9/c1-30-10-3-5-12-32(30)33-13-6-4-11-31(33)24-29-76-55(75)67-43-23-28-60-47(43)54(74)63-39-19-9-16-36(39)50(70)66-42-22-27-59-46(42)53(73)62-38-18-8-15-35(38)49(69)65-41-21-26-58-45(41)52(72)61-37-17-7-14-34(37)48(68)64-40-20-25-57-44(40)51(71)56-2/h3-6,10-13,34-47,57-60H,7-9,14-29H2,1-2H3,(H,56,71)(H,61,72)(H,62,73)(H,63,74)(H,64,68)(H,65,69)(H,66,70)(H,67,75)/t34-,35-,36?,37+,38+,39?,40?,41?,42?,43?,44?,45?,46?,47?/m0/s1. The quantitative estimate of drug-likeness (QED) is 0.0923. The Labute approximate surface area is 444 Å². The number of alkyl carbamates (subject to hydrolysis) is 1. The fourth-order valence-electron chi connectivity index (χ4n) is 13.0. The number of likely N-dealkylation sites (N-methyl/N-ethyl adjacent to an activating group) is 1.